The van der Waals surface area contributed by atoms with Crippen molar-refractivity contribution in [1.29, 1.82) is 0 Å². The summed E-state index contributed by atoms with van der Waals surface area (Å²) < 4.78 is 34.0. The van der Waals surface area contributed by atoms with Crippen molar-refractivity contribution in [1.82, 2.24) is 19.7 Å². The predicted octanol–water partition coefficient (Wildman–Crippen LogP) is 3.51. The lowest BCUT2D eigenvalue weighted by Gasteiger charge is -2.48. The quantitative estimate of drug-likeness (QED) is 0.655. The lowest BCUT2D eigenvalue weighted by molar-refractivity contribution is -0.0380. The van der Waals surface area contributed by atoms with Gasteiger partial charge in [0, 0.05) is 49.7 Å². The molecule has 9 heteroatoms. The Kier molecular flexibility index (Phi) is 5.52. The fourth-order valence-corrected chi connectivity index (χ4v) is 4.34. The molecule has 1 atom stereocenters. The van der Waals surface area contributed by atoms with E-state index in [0.717, 1.165) is 55.8 Å². The molecule has 1 N–H and O–H groups in total. The second-order valence-corrected chi connectivity index (χ2v) is 8.56. The minimum atomic E-state index is -0.660. The van der Waals surface area contributed by atoms with Crippen LogP contribution in [-0.2, 0) is 4.74 Å². The third kappa shape index (κ3) is 4.44. The highest BCUT2D eigenvalue weighted by atomic mass is 19.1. The van der Waals surface area contributed by atoms with Crippen LogP contribution in [0.2, 0.25) is 0 Å². The van der Waals surface area contributed by atoms with E-state index in [2.05, 4.69) is 51.2 Å². The van der Waals surface area contributed by atoms with E-state index in [1.54, 1.807) is 0 Å². The second-order valence-electron chi connectivity index (χ2n) is 8.56. The molecule has 2 aliphatic heterocycles. The van der Waals surface area contributed by atoms with E-state index in [1.165, 1.54) is 23.1 Å². The molecule has 2 aliphatic rings. The third-order valence-corrected chi connectivity index (χ3v) is 5.94. The van der Waals surface area contributed by atoms with E-state index >= 15 is 0 Å². The molecule has 0 saturated carbocycles. The number of halogens is 2. The molecule has 3 heterocycles. The number of hydrogen-bond donors (Lipinski definition) is 1. The summed E-state index contributed by atoms with van der Waals surface area (Å²) in [4.78, 5) is 9.11. The molecule has 168 valence electrons. The first kappa shape index (κ1) is 20.8. The monoisotopic (exact) mass is 440 g/mol. The molecule has 0 radical (unpaired) electrons. The molecule has 0 spiro atoms. The minimum absolute atomic E-state index is 0.275. The normalized spacial score (nSPS) is 19.8. The van der Waals surface area contributed by atoms with Crippen molar-refractivity contribution in [3.05, 3.63) is 59.9 Å². The predicted molar refractivity (Wildman–Crippen MR) is 119 cm³/mol. The van der Waals surface area contributed by atoms with Crippen molar-refractivity contribution in [3.63, 3.8) is 0 Å². The molecule has 0 aliphatic carbocycles. The zero-order chi connectivity index (χ0) is 22.2. The first-order chi connectivity index (χ1) is 15.4. The average Bonchev–Trinajstić information content (AvgIpc) is 3.14. The van der Waals surface area contributed by atoms with Crippen LogP contribution < -0.4 is 10.2 Å². The lowest BCUT2D eigenvalue weighted by Crippen LogP contribution is -2.62. The Morgan fingerprint density at radius 1 is 1.00 bits per heavy atom. The highest BCUT2D eigenvalue weighted by Gasteiger charge is 2.34. The van der Waals surface area contributed by atoms with Gasteiger partial charge in [-0.3, -0.25) is 4.90 Å². The number of morpholine rings is 1. The van der Waals surface area contributed by atoms with E-state index in [-0.39, 0.29) is 5.69 Å². The molecule has 5 rings (SSSR count). The number of nitrogens with zero attached hydrogens (tertiary/aromatic N) is 5. The lowest BCUT2D eigenvalue weighted by atomic mass is 10.0. The molecular weight excluding hydrogens is 414 g/mol. The number of hydrogen-bond acceptors (Lipinski definition) is 6. The molecule has 0 bridgehead atoms. The van der Waals surface area contributed by atoms with Crippen molar-refractivity contribution in [2.24, 2.45) is 0 Å². The van der Waals surface area contributed by atoms with Crippen molar-refractivity contribution in [2.75, 3.05) is 43.0 Å². The topological polar surface area (TPSA) is 58.5 Å². The van der Waals surface area contributed by atoms with Gasteiger partial charge >= 0.3 is 0 Å². The fraction of sp³-hybridized carbons (Fsp3) is 0.391. The van der Waals surface area contributed by atoms with Gasteiger partial charge in [0.15, 0.2) is 0 Å². The van der Waals surface area contributed by atoms with Crippen LogP contribution in [0.15, 0.2) is 42.7 Å². The number of rotatable bonds is 5. The third-order valence-electron chi connectivity index (χ3n) is 5.94. The summed E-state index contributed by atoms with van der Waals surface area (Å²) in [5.74, 6) is -0.963. The van der Waals surface area contributed by atoms with Gasteiger partial charge in [0.2, 0.25) is 5.95 Å². The molecule has 32 heavy (non-hydrogen) atoms. The summed E-state index contributed by atoms with van der Waals surface area (Å²) in [6.45, 7) is 8.95. The summed E-state index contributed by atoms with van der Waals surface area (Å²) >= 11 is 0. The van der Waals surface area contributed by atoms with Crippen molar-refractivity contribution >= 4 is 17.3 Å². The van der Waals surface area contributed by atoms with Crippen LogP contribution in [0, 0.1) is 18.6 Å². The number of aryl methyl sites for hydroxylation is 1. The summed E-state index contributed by atoms with van der Waals surface area (Å²) in [5, 5.41) is 7.51. The Bertz CT molecular complexity index is 1090. The maximum atomic E-state index is 13.5. The Labute approximate surface area is 185 Å². The Morgan fingerprint density at radius 2 is 1.78 bits per heavy atom. The first-order valence-electron chi connectivity index (χ1n) is 10.8. The van der Waals surface area contributed by atoms with Crippen LogP contribution in [-0.4, -0.2) is 64.6 Å². The highest BCUT2D eigenvalue weighted by molar-refractivity contribution is 5.65. The van der Waals surface area contributed by atoms with Crippen LogP contribution in [0.4, 0.5) is 26.1 Å². The van der Waals surface area contributed by atoms with Gasteiger partial charge in [-0.05, 0) is 49.7 Å². The molecule has 2 saturated heterocycles. The van der Waals surface area contributed by atoms with Gasteiger partial charge in [0.25, 0.3) is 0 Å². The van der Waals surface area contributed by atoms with Crippen LogP contribution >= 0.6 is 0 Å². The van der Waals surface area contributed by atoms with Crippen molar-refractivity contribution < 1.29 is 13.5 Å². The van der Waals surface area contributed by atoms with Crippen LogP contribution in [0.3, 0.4) is 0 Å². The summed E-state index contributed by atoms with van der Waals surface area (Å²) in [7, 11) is 0. The Hall–Kier alpha value is -3.04. The fourth-order valence-electron chi connectivity index (χ4n) is 4.34. The molecule has 3 aromatic rings. The van der Waals surface area contributed by atoms with Gasteiger partial charge in [-0.1, -0.05) is 0 Å². The molecule has 0 amide bonds. The van der Waals surface area contributed by atoms with Gasteiger partial charge in [0.1, 0.15) is 18.0 Å². The molecule has 7 nitrogen and oxygen atoms in total. The molecule has 0 unspecified atom stereocenters. The van der Waals surface area contributed by atoms with Gasteiger partial charge in [0.05, 0.1) is 18.4 Å². The molecule has 1 aromatic heterocycles. The zero-order valence-electron chi connectivity index (χ0n) is 18.1. The molecule has 2 aromatic carbocycles. The number of benzene rings is 2. The van der Waals surface area contributed by atoms with E-state index in [4.69, 9.17) is 4.74 Å². The van der Waals surface area contributed by atoms with Crippen LogP contribution in [0.1, 0.15) is 12.5 Å². The SMILES string of the molecule is Cc1cc(Nc2ncn(-c3cc(F)cc(F)c3)n2)cc(N2CC(N3CCO[C@H](C)C3)C2)c1. The summed E-state index contributed by atoms with van der Waals surface area (Å²) in [6, 6.07) is 10.1. The van der Waals surface area contributed by atoms with Crippen LogP contribution in [0.25, 0.3) is 5.69 Å². The van der Waals surface area contributed by atoms with Gasteiger partial charge in [-0.2, -0.15) is 4.98 Å². The number of ether oxygens (including phenoxy) is 1. The average molecular weight is 440 g/mol. The Morgan fingerprint density at radius 3 is 2.53 bits per heavy atom. The standard InChI is InChI=1S/C23H26F2N6O/c1-15-5-19(27-23-26-14-31(28-23)21-8-17(24)7-18(25)9-21)10-20(6-15)30-12-22(13-30)29-3-4-32-16(2)11-29/h5-10,14,16,22H,3-4,11-13H2,1-2H3,(H,27,28)/t16-/m1/s1. The zero-order valence-corrected chi connectivity index (χ0v) is 18.1. The Balaban J connectivity index is 1.26. The van der Waals surface area contributed by atoms with Crippen molar-refractivity contribution in [2.45, 2.75) is 26.0 Å². The largest absolute Gasteiger partial charge is 0.376 e. The summed E-state index contributed by atoms with van der Waals surface area (Å²) in [6.07, 6.45) is 1.72. The van der Waals surface area contributed by atoms with Crippen molar-refractivity contribution in [3.8, 4) is 5.69 Å². The first-order valence-corrected chi connectivity index (χ1v) is 10.8. The van der Waals surface area contributed by atoms with Gasteiger partial charge in [-0.15, -0.1) is 5.10 Å². The van der Waals surface area contributed by atoms with Gasteiger partial charge < -0.3 is 15.0 Å². The molecular formula is C23H26F2N6O. The molecule has 2 fully saturated rings. The van der Waals surface area contributed by atoms with Crippen LogP contribution in [0.5, 0.6) is 0 Å². The smallest absolute Gasteiger partial charge is 0.246 e. The minimum Gasteiger partial charge on any atom is -0.376 e. The maximum Gasteiger partial charge on any atom is 0.246 e. The van der Waals surface area contributed by atoms with E-state index in [9.17, 15) is 8.78 Å². The number of anilines is 3. The maximum absolute atomic E-state index is 13.5. The number of nitrogens with one attached hydrogen (secondary N) is 1. The highest BCUT2D eigenvalue weighted by Crippen LogP contribution is 2.29. The van der Waals surface area contributed by atoms with Gasteiger partial charge in [-0.25, -0.2) is 13.5 Å². The summed E-state index contributed by atoms with van der Waals surface area (Å²) in [5.41, 5.74) is 3.42. The number of aromatic nitrogens is 3. The van der Waals surface area contributed by atoms with E-state index < -0.39 is 11.6 Å². The van der Waals surface area contributed by atoms with E-state index in [1.807, 2.05) is 6.07 Å². The van der Waals surface area contributed by atoms with E-state index in [0.29, 0.717) is 18.1 Å². The second kappa shape index (κ2) is 8.48.